The zero-order valence-corrected chi connectivity index (χ0v) is 32.8. The van der Waals surface area contributed by atoms with Crippen LogP contribution in [0.15, 0.2) is 72.8 Å². The van der Waals surface area contributed by atoms with Crippen LogP contribution in [0.1, 0.15) is 120 Å². The maximum Gasteiger partial charge on any atom is 0.303 e. The molecule has 1 aliphatic carbocycles. The van der Waals surface area contributed by atoms with E-state index >= 15 is 0 Å². The molecule has 55 heavy (non-hydrogen) atoms. The van der Waals surface area contributed by atoms with Crippen LogP contribution in [0.3, 0.4) is 0 Å². The number of carboxylic acids is 1. The smallest absolute Gasteiger partial charge is 0.303 e. The first kappa shape index (κ1) is 40.6. The number of rotatable bonds is 13. The van der Waals surface area contributed by atoms with E-state index in [1.807, 2.05) is 81.4 Å². The summed E-state index contributed by atoms with van der Waals surface area (Å²) in [6, 6.07) is 24.2. The lowest BCUT2D eigenvalue weighted by atomic mass is 9.75. The molecule has 0 radical (unpaired) electrons. The van der Waals surface area contributed by atoms with Gasteiger partial charge in [-0.15, -0.1) is 0 Å². The zero-order valence-electron chi connectivity index (χ0n) is 32.8. The van der Waals surface area contributed by atoms with Crippen LogP contribution in [0, 0.1) is 11.8 Å². The van der Waals surface area contributed by atoms with Gasteiger partial charge in [0.25, 0.3) is 0 Å². The van der Waals surface area contributed by atoms with Gasteiger partial charge in [0.15, 0.2) is 6.29 Å². The molecule has 0 bridgehead atoms. The van der Waals surface area contributed by atoms with Gasteiger partial charge in [0.2, 0.25) is 11.8 Å². The summed E-state index contributed by atoms with van der Waals surface area (Å²) in [7, 11) is 0. The van der Waals surface area contributed by atoms with Crippen molar-refractivity contribution in [3.05, 3.63) is 95.1 Å². The summed E-state index contributed by atoms with van der Waals surface area (Å²) < 4.78 is 13.8. The minimum atomic E-state index is -0.906. The van der Waals surface area contributed by atoms with E-state index in [-0.39, 0.29) is 61.0 Å². The second-order valence-corrected chi connectivity index (χ2v) is 16.8. The van der Waals surface area contributed by atoms with E-state index in [4.69, 9.17) is 14.6 Å². The molecular formula is C45H59N3O7. The minimum absolute atomic E-state index is 0.0167. The van der Waals surface area contributed by atoms with E-state index in [0.29, 0.717) is 31.5 Å². The van der Waals surface area contributed by atoms with E-state index < -0.39 is 12.3 Å². The number of fused-ring (bicyclic) bond motifs is 1. The number of likely N-dealkylation sites (tertiary alicyclic amines) is 1. The topological polar surface area (TPSA) is 137 Å². The Labute approximate surface area is 326 Å². The molecule has 2 amide bonds. The Balaban J connectivity index is 1.25. The van der Waals surface area contributed by atoms with E-state index in [2.05, 4.69) is 34.6 Å². The number of aliphatic carboxylic acids is 1. The number of carbonyl (C=O) groups excluding carboxylic acids is 2. The number of aliphatic hydroxyl groups is 1. The Morgan fingerprint density at radius 2 is 1.56 bits per heavy atom. The van der Waals surface area contributed by atoms with Gasteiger partial charge in [-0.3, -0.25) is 19.3 Å². The molecule has 0 spiro atoms. The third kappa shape index (κ3) is 10.4. The quantitative estimate of drug-likeness (QED) is 0.141. The summed E-state index contributed by atoms with van der Waals surface area (Å²) in [5.74, 6) is -0.417. The number of carbonyl (C=O) groups is 3. The van der Waals surface area contributed by atoms with E-state index in [0.717, 1.165) is 52.6 Å². The van der Waals surface area contributed by atoms with Crippen LogP contribution in [0.25, 0.3) is 11.1 Å². The van der Waals surface area contributed by atoms with Crippen molar-refractivity contribution in [2.24, 2.45) is 11.8 Å². The first-order valence-corrected chi connectivity index (χ1v) is 20.2. The van der Waals surface area contributed by atoms with Crippen LogP contribution < -0.4 is 10.6 Å². The second-order valence-electron chi connectivity index (χ2n) is 16.8. The molecule has 10 nitrogen and oxygen atoms in total. The number of hydrogen-bond acceptors (Lipinski definition) is 7. The summed E-state index contributed by atoms with van der Waals surface area (Å²) in [5.41, 5.74) is 5.36. The highest BCUT2D eigenvalue weighted by Gasteiger charge is 2.46. The van der Waals surface area contributed by atoms with Crippen LogP contribution in [-0.2, 0) is 37.0 Å². The van der Waals surface area contributed by atoms with Crippen molar-refractivity contribution < 1.29 is 34.1 Å². The monoisotopic (exact) mass is 753 g/mol. The number of benzene rings is 3. The van der Waals surface area contributed by atoms with Crippen LogP contribution in [-0.4, -0.2) is 63.2 Å². The molecule has 10 heteroatoms. The number of piperidine rings is 1. The Kier molecular flexibility index (Phi) is 13.5. The highest BCUT2D eigenvalue weighted by molar-refractivity contribution is 5.82. The summed E-state index contributed by atoms with van der Waals surface area (Å²) in [4.78, 5) is 39.6. The molecule has 296 valence electrons. The second kappa shape index (κ2) is 18.2. The zero-order chi connectivity index (χ0) is 39.1. The number of amides is 2. The first-order valence-electron chi connectivity index (χ1n) is 20.2. The third-order valence-electron chi connectivity index (χ3n) is 11.6. The maximum atomic E-state index is 13.9. The van der Waals surface area contributed by atoms with Gasteiger partial charge in [-0.1, -0.05) is 92.6 Å². The van der Waals surface area contributed by atoms with Crippen LogP contribution in [0.4, 0.5) is 0 Å². The molecule has 3 aromatic rings. The largest absolute Gasteiger partial charge is 0.481 e. The van der Waals surface area contributed by atoms with Gasteiger partial charge < -0.3 is 30.3 Å². The lowest BCUT2D eigenvalue weighted by Gasteiger charge is -2.51. The normalized spacial score (nSPS) is 25.8. The molecule has 2 saturated heterocycles. The predicted octanol–water partition coefficient (Wildman–Crippen LogP) is 7.45. The van der Waals surface area contributed by atoms with Crippen molar-refractivity contribution in [1.29, 1.82) is 0 Å². The van der Waals surface area contributed by atoms with Crippen LogP contribution in [0.5, 0.6) is 0 Å². The van der Waals surface area contributed by atoms with Gasteiger partial charge >= 0.3 is 5.97 Å². The Morgan fingerprint density at radius 1 is 0.855 bits per heavy atom. The number of hydrogen-bond donors (Lipinski definition) is 4. The molecule has 3 aromatic carbocycles. The Morgan fingerprint density at radius 3 is 2.27 bits per heavy atom. The van der Waals surface area contributed by atoms with E-state index in [9.17, 15) is 19.5 Å². The van der Waals surface area contributed by atoms with Gasteiger partial charge in [-0.05, 0) is 86.6 Å². The van der Waals surface area contributed by atoms with Gasteiger partial charge in [0.05, 0.1) is 24.9 Å². The van der Waals surface area contributed by atoms with E-state index in [1.54, 1.807) is 0 Å². The lowest BCUT2D eigenvalue weighted by molar-refractivity contribution is -0.278. The van der Waals surface area contributed by atoms with Crippen molar-refractivity contribution in [3.63, 3.8) is 0 Å². The molecule has 3 aliphatic rings. The van der Waals surface area contributed by atoms with Gasteiger partial charge in [-0.2, -0.15) is 0 Å². The molecule has 0 aromatic heterocycles. The number of nitrogens with one attached hydrogen (secondary N) is 2. The summed E-state index contributed by atoms with van der Waals surface area (Å²) >= 11 is 0. The molecule has 4 N–H and O–H groups in total. The molecule has 0 unspecified atom stereocenters. The Hall–Kier alpha value is -4.09. The molecule has 3 fully saturated rings. The van der Waals surface area contributed by atoms with Crippen molar-refractivity contribution >= 4 is 17.8 Å². The average Bonchev–Trinajstić information content (AvgIpc) is 3.17. The highest BCUT2D eigenvalue weighted by Crippen LogP contribution is 2.44. The fraction of sp³-hybridized carbons (Fsp3) is 0.533. The highest BCUT2D eigenvalue weighted by atomic mass is 16.7. The van der Waals surface area contributed by atoms with Crippen molar-refractivity contribution in [1.82, 2.24) is 15.5 Å². The predicted molar refractivity (Wildman–Crippen MR) is 212 cm³/mol. The van der Waals surface area contributed by atoms with Gasteiger partial charge in [0.1, 0.15) is 0 Å². The third-order valence-corrected chi connectivity index (χ3v) is 11.6. The molecule has 7 atom stereocenters. The minimum Gasteiger partial charge on any atom is -0.481 e. The van der Waals surface area contributed by atoms with Crippen molar-refractivity contribution in [3.8, 4) is 11.1 Å². The lowest BCUT2D eigenvalue weighted by Crippen LogP contribution is -2.61. The fourth-order valence-corrected chi connectivity index (χ4v) is 8.72. The Bertz CT molecular complexity index is 1760. The summed E-state index contributed by atoms with van der Waals surface area (Å²) in [6.45, 7) is 9.24. The number of aliphatic hydroxyl groups excluding tert-OH is 1. The van der Waals surface area contributed by atoms with Crippen molar-refractivity contribution in [2.45, 2.75) is 135 Å². The summed E-state index contributed by atoms with van der Waals surface area (Å²) in [6.07, 6.45) is 5.93. The standard InChI is InChI=1S/C45H59N3O7/c1-29-39(27-48-37-13-8-6-10-32(37)24-25-38(48)43(53)47-45(2,3)4)54-44(55-42(29)33-18-16-30(28-49)17-19-33)34-22-20-31(21-23-34)36-12-7-5-11-35(36)26-46-40(50)14-9-15-41(51)52/h5,7,11-12,16-23,29,32,37-39,42,44,49H,6,8-10,13-15,24-28H2,1-4H3,(H,46,50)(H,47,53)(H,51,52)/t29-,32-,37-,38-,39+,42+,44+/m1/s1. The molecule has 6 rings (SSSR count). The van der Waals surface area contributed by atoms with E-state index in [1.165, 1.54) is 19.3 Å². The molecule has 2 aliphatic heterocycles. The number of ether oxygens (including phenoxy) is 2. The number of nitrogens with zero attached hydrogens (tertiary/aromatic N) is 1. The SMILES string of the molecule is C[C@@H]1[C@H](CN2[C@@H](C(=O)NC(C)(C)C)CC[C@H]3CCCC[C@H]32)O[C@H](c2ccc(-c3ccccc3CNC(=O)CCCC(=O)O)cc2)O[C@@H]1c1ccc(CO)cc1. The molecular weight excluding hydrogens is 695 g/mol. The van der Waals surface area contributed by atoms with Gasteiger partial charge in [-0.25, -0.2) is 0 Å². The first-order chi connectivity index (χ1) is 26.4. The maximum absolute atomic E-state index is 13.9. The number of carboxylic acid groups (broad SMARTS) is 1. The molecule has 2 heterocycles. The summed E-state index contributed by atoms with van der Waals surface area (Å²) in [5, 5.41) is 24.9. The fourth-order valence-electron chi connectivity index (χ4n) is 8.72. The van der Waals surface area contributed by atoms with Crippen LogP contribution in [0.2, 0.25) is 0 Å². The van der Waals surface area contributed by atoms with Gasteiger partial charge in [0, 0.05) is 49.0 Å². The van der Waals surface area contributed by atoms with Crippen LogP contribution >= 0.6 is 0 Å². The molecule has 1 saturated carbocycles. The average molecular weight is 754 g/mol. The van der Waals surface area contributed by atoms with Crippen molar-refractivity contribution in [2.75, 3.05) is 6.54 Å².